The van der Waals surface area contributed by atoms with Crippen molar-refractivity contribution in [2.24, 2.45) is 0 Å². The Hall–Kier alpha value is -0.0500. The average Bonchev–Trinajstić information content (AvgIpc) is 2.28. The molecule has 0 saturated carbocycles. The molecule has 1 saturated heterocycles. The van der Waals surface area contributed by atoms with Crippen molar-refractivity contribution in [1.82, 2.24) is 4.90 Å². The van der Waals surface area contributed by atoms with Gasteiger partial charge in [-0.2, -0.15) is 0 Å². The highest BCUT2D eigenvalue weighted by atomic mass is 35.5. The van der Waals surface area contributed by atoms with Crippen molar-refractivity contribution in [3.63, 3.8) is 0 Å². The molecule has 0 aromatic heterocycles. The van der Waals surface area contributed by atoms with Crippen LogP contribution < -0.4 is 0 Å². The van der Waals surface area contributed by atoms with E-state index in [0.29, 0.717) is 0 Å². The standard InChI is InChI=1S/C11H20ClNO/c1-10(8-12)9-13-6-3-4-11(2,14)5-7-13/h8,14H,3-7,9H2,1-2H3/b10-8+. The van der Waals surface area contributed by atoms with Crippen LogP contribution in [-0.2, 0) is 0 Å². The molecule has 2 nitrogen and oxygen atoms in total. The molecule has 0 aromatic rings. The maximum absolute atomic E-state index is 9.90. The Labute approximate surface area is 91.6 Å². The molecule has 0 amide bonds. The molecule has 0 aromatic carbocycles. The molecule has 1 atom stereocenters. The number of likely N-dealkylation sites (tertiary alicyclic amines) is 1. The summed E-state index contributed by atoms with van der Waals surface area (Å²) in [6, 6.07) is 0. The van der Waals surface area contributed by atoms with Crippen LogP contribution in [0.1, 0.15) is 33.1 Å². The second-order valence-electron chi connectivity index (χ2n) is 4.58. The van der Waals surface area contributed by atoms with E-state index < -0.39 is 5.60 Å². The number of aliphatic hydroxyl groups is 1. The molecular weight excluding hydrogens is 198 g/mol. The zero-order chi connectivity index (χ0) is 10.6. The lowest BCUT2D eigenvalue weighted by Crippen LogP contribution is -2.29. The predicted octanol–water partition coefficient (Wildman–Crippen LogP) is 2.37. The maximum atomic E-state index is 9.90. The van der Waals surface area contributed by atoms with E-state index >= 15 is 0 Å². The number of halogens is 1. The third-order valence-electron chi connectivity index (χ3n) is 2.82. The Morgan fingerprint density at radius 3 is 2.86 bits per heavy atom. The molecule has 0 spiro atoms. The summed E-state index contributed by atoms with van der Waals surface area (Å²) in [5.74, 6) is 0. The molecule has 1 aliphatic rings. The minimum Gasteiger partial charge on any atom is -0.390 e. The Balaban J connectivity index is 2.42. The van der Waals surface area contributed by atoms with E-state index in [1.165, 1.54) is 5.57 Å². The highest BCUT2D eigenvalue weighted by molar-refractivity contribution is 6.25. The number of nitrogens with zero attached hydrogens (tertiary/aromatic N) is 1. The van der Waals surface area contributed by atoms with Crippen LogP contribution in [0.3, 0.4) is 0 Å². The smallest absolute Gasteiger partial charge is 0.0632 e. The second kappa shape index (κ2) is 5.15. The minimum atomic E-state index is -0.465. The maximum Gasteiger partial charge on any atom is 0.0632 e. The van der Waals surface area contributed by atoms with Crippen LogP contribution in [0.4, 0.5) is 0 Å². The fourth-order valence-electron chi connectivity index (χ4n) is 1.86. The topological polar surface area (TPSA) is 23.5 Å². The molecule has 1 fully saturated rings. The number of rotatable bonds is 2. The molecule has 1 N–H and O–H groups in total. The van der Waals surface area contributed by atoms with E-state index in [4.69, 9.17) is 11.6 Å². The summed E-state index contributed by atoms with van der Waals surface area (Å²) in [4.78, 5) is 2.36. The van der Waals surface area contributed by atoms with Gasteiger partial charge in [-0.1, -0.05) is 11.6 Å². The molecule has 1 heterocycles. The fourth-order valence-corrected chi connectivity index (χ4v) is 1.93. The van der Waals surface area contributed by atoms with Crippen LogP contribution in [0, 0.1) is 0 Å². The van der Waals surface area contributed by atoms with E-state index in [1.54, 1.807) is 5.54 Å². The first-order chi connectivity index (χ1) is 6.53. The Kier molecular flexibility index (Phi) is 4.42. The molecule has 1 unspecified atom stereocenters. The highest BCUT2D eigenvalue weighted by Crippen LogP contribution is 2.21. The molecule has 0 bridgehead atoms. The third kappa shape index (κ3) is 3.99. The van der Waals surface area contributed by atoms with E-state index in [2.05, 4.69) is 4.90 Å². The summed E-state index contributed by atoms with van der Waals surface area (Å²) in [6.45, 7) is 6.93. The first-order valence-corrected chi connectivity index (χ1v) is 5.68. The van der Waals surface area contributed by atoms with Crippen molar-refractivity contribution >= 4 is 11.6 Å². The van der Waals surface area contributed by atoms with Crippen molar-refractivity contribution in [1.29, 1.82) is 0 Å². The zero-order valence-electron chi connectivity index (χ0n) is 9.09. The normalized spacial score (nSPS) is 31.6. The van der Waals surface area contributed by atoms with Gasteiger partial charge in [0.05, 0.1) is 5.60 Å². The van der Waals surface area contributed by atoms with E-state index in [9.17, 15) is 5.11 Å². The van der Waals surface area contributed by atoms with Gasteiger partial charge in [-0.25, -0.2) is 0 Å². The molecule has 0 aliphatic carbocycles. The lowest BCUT2D eigenvalue weighted by molar-refractivity contribution is 0.0449. The lowest BCUT2D eigenvalue weighted by atomic mass is 9.98. The van der Waals surface area contributed by atoms with Gasteiger partial charge in [0, 0.05) is 18.6 Å². The minimum absolute atomic E-state index is 0.465. The molecule has 0 radical (unpaired) electrons. The predicted molar refractivity (Wildman–Crippen MR) is 60.5 cm³/mol. The van der Waals surface area contributed by atoms with Crippen LogP contribution in [0.5, 0.6) is 0 Å². The first-order valence-electron chi connectivity index (χ1n) is 5.24. The second-order valence-corrected chi connectivity index (χ2v) is 4.80. The van der Waals surface area contributed by atoms with E-state index in [-0.39, 0.29) is 0 Å². The van der Waals surface area contributed by atoms with Crippen LogP contribution in [-0.4, -0.2) is 35.2 Å². The van der Waals surface area contributed by atoms with Gasteiger partial charge >= 0.3 is 0 Å². The van der Waals surface area contributed by atoms with Gasteiger partial charge in [0.25, 0.3) is 0 Å². The highest BCUT2D eigenvalue weighted by Gasteiger charge is 2.24. The third-order valence-corrected chi connectivity index (χ3v) is 3.19. The molecule has 1 rings (SSSR count). The number of hydrogen-bond acceptors (Lipinski definition) is 2. The summed E-state index contributed by atoms with van der Waals surface area (Å²) >= 11 is 5.63. The summed E-state index contributed by atoms with van der Waals surface area (Å²) in [5.41, 5.74) is 2.37. The van der Waals surface area contributed by atoms with Gasteiger partial charge in [-0.3, -0.25) is 4.90 Å². The van der Waals surface area contributed by atoms with Gasteiger partial charge < -0.3 is 5.11 Å². The Bertz CT molecular complexity index is 213. The summed E-state index contributed by atoms with van der Waals surface area (Å²) in [7, 11) is 0. The van der Waals surface area contributed by atoms with Gasteiger partial charge in [0.1, 0.15) is 0 Å². The van der Waals surface area contributed by atoms with Gasteiger partial charge in [-0.15, -0.1) is 0 Å². The van der Waals surface area contributed by atoms with Gasteiger partial charge in [-0.05, 0) is 45.2 Å². The first kappa shape index (κ1) is 12.0. The average molecular weight is 218 g/mol. The van der Waals surface area contributed by atoms with Crippen molar-refractivity contribution in [3.05, 3.63) is 11.1 Å². The van der Waals surface area contributed by atoms with Crippen LogP contribution in [0.15, 0.2) is 11.1 Å². The van der Waals surface area contributed by atoms with Crippen molar-refractivity contribution in [2.75, 3.05) is 19.6 Å². The van der Waals surface area contributed by atoms with Crippen molar-refractivity contribution < 1.29 is 5.11 Å². The zero-order valence-corrected chi connectivity index (χ0v) is 9.85. The van der Waals surface area contributed by atoms with Gasteiger partial charge in [0.2, 0.25) is 0 Å². The fraction of sp³-hybridized carbons (Fsp3) is 0.818. The SMILES string of the molecule is C/C(=C\Cl)CN1CCCC(C)(O)CC1. The monoisotopic (exact) mass is 217 g/mol. The van der Waals surface area contributed by atoms with Crippen LogP contribution in [0.2, 0.25) is 0 Å². The summed E-state index contributed by atoms with van der Waals surface area (Å²) in [6.07, 6.45) is 2.85. The van der Waals surface area contributed by atoms with Crippen molar-refractivity contribution in [3.8, 4) is 0 Å². The van der Waals surface area contributed by atoms with E-state index in [0.717, 1.165) is 38.9 Å². The van der Waals surface area contributed by atoms with Crippen molar-refractivity contribution in [2.45, 2.75) is 38.7 Å². The largest absolute Gasteiger partial charge is 0.390 e. The molecule has 82 valence electrons. The Morgan fingerprint density at radius 1 is 1.50 bits per heavy atom. The van der Waals surface area contributed by atoms with Crippen LogP contribution in [0.25, 0.3) is 0 Å². The summed E-state index contributed by atoms with van der Waals surface area (Å²) < 4.78 is 0. The molecule has 3 heteroatoms. The summed E-state index contributed by atoms with van der Waals surface area (Å²) in [5, 5.41) is 9.90. The van der Waals surface area contributed by atoms with E-state index in [1.807, 2.05) is 13.8 Å². The Morgan fingerprint density at radius 2 is 2.21 bits per heavy atom. The van der Waals surface area contributed by atoms with Crippen LogP contribution >= 0.6 is 11.6 Å². The lowest BCUT2D eigenvalue weighted by Gasteiger charge is -2.22. The van der Waals surface area contributed by atoms with Gasteiger partial charge in [0.15, 0.2) is 0 Å². The quantitative estimate of drug-likeness (QED) is 0.768. The molecule has 1 aliphatic heterocycles. The number of hydrogen-bond donors (Lipinski definition) is 1. The molecular formula is C11H20ClNO. The molecule has 14 heavy (non-hydrogen) atoms.